The Hall–Kier alpha value is -3.03. The Balaban J connectivity index is 1.77. The SMILES string of the molecule is CC(C)n1c(C(F)(F)F)nc2cc(C(=O)NCCc3ccc(N)cc3)ccc21. The monoisotopic (exact) mass is 390 g/mol. The van der Waals surface area contributed by atoms with Crippen LogP contribution >= 0.6 is 0 Å². The van der Waals surface area contributed by atoms with Gasteiger partial charge in [-0.3, -0.25) is 4.79 Å². The highest BCUT2D eigenvalue weighted by molar-refractivity contribution is 5.97. The van der Waals surface area contributed by atoms with Crippen LogP contribution in [-0.4, -0.2) is 22.0 Å². The standard InChI is InChI=1S/C20H21F3N4O/c1-12(2)27-17-8-5-14(11-16(17)26-19(27)20(21,22)23)18(28)25-10-9-13-3-6-15(24)7-4-13/h3-8,11-12H,9-10,24H2,1-2H3,(H,25,28). The molecule has 148 valence electrons. The number of aromatic nitrogens is 2. The van der Waals surface area contributed by atoms with Gasteiger partial charge in [0.1, 0.15) is 0 Å². The molecule has 1 aromatic heterocycles. The van der Waals surface area contributed by atoms with Crippen molar-refractivity contribution in [3.8, 4) is 0 Å². The summed E-state index contributed by atoms with van der Waals surface area (Å²) in [5.74, 6) is -1.32. The number of nitrogens with one attached hydrogen (secondary N) is 1. The molecule has 0 aliphatic carbocycles. The summed E-state index contributed by atoms with van der Waals surface area (Å²) in [6.45, 7) is 3.72. The maximum absolute atomic E-state index is 13.3. The summed E-state index contributed by atoms with van der Waals surface area (Å²) in [4.78, 5) is 16.1. The smallest absolute Gasteiger partial charge is 0.399 e. The zero-order chi connectivity index (χ0) is 20.5. The molecule has 0 aliphatic rings. The van der Waals surface area contributed by atoms with Gasteiger partial charge in [-0.1, -0.05) is 12.1 Å². The number of carbonyl (C=O) groups excluding carboxylic acids is 1. The van der Waals surface area contributed by atoms with Crippen LogP contribution in [0.3, 0.4) is 0 Å². The van der Waals surface area contributed by atoms with Gasteiger partial charge in [-0.05, 0) is 56.2 Å². The van der Waals surface area contributed by atoms with Crippen molar-refractivity contribution in [1.29, 1.82) is 0 Å². The van der Waals surface area contributed by atoms with E-state index in [1.54, 1.807) is 26.0 Å². The molecule has 0 unspecified atom stereocenters. The molecule has 0 atom stereocenters. The molecule has 0 aliphatic heterocycles. The molecular weight excluding hydrogens is 369 g/mol. The first-order valence-electron chi connectivity index (χ1n) is 8.88. The average Bonchev–Trinajstić information content (AvgIpc) is 3.02. The average molecular weight is 390 g/mol. The van der Waals surface area contributed by atoms with E-state index in [1.807, 2.05) is 12.1 Å². The van der Waals surface area contributed by atoms with Crippen molar-refractivity contribution in [3.63, 3.8) is 0 Å². The first-order valence-corrected chi connectivity index (χ1v) is 8.88. The van der Waals surface area contributed by atoms with Crippen LogP contribution in [-0.2, 0) is 12.6 Å². The van der Waals surface area contributed by atoms with Crippen LogP contribution in [0.1, 0.15) is 41.6 Å². The number of alkyl halides is 3. The number of hydrogen-bond acceptors (Lipinski definition) is 3. The summed E-state index contributed by atoms with van der Waals surface area (Å²) in [6.07, 6.45) is -3.95. The lowest BCUT2D eigenvalue weighted by Gasteiger charge is -2.14. The Morgan fingerprint density at radius 1 is 1.18 bits per heavy atom. The highest BCUT2D eigenvalue weighted by atomic mass is 19.4. The third-order valence-electron chi connectivity index (χ3n) is 4.40. The molecule has 1 heterocycles. The van der Waals surface area contributed by atoms with Crippen molar-refractivity contribution in [2.24, 2.45) is 0 Å². The van der Waals surface area contributed by atoms with Crippen LogP contribution in [0.2, 0.25) is 0 Å². The van der Waals surface area contributed by atoms with Crippen molar-refractivity contribution in [2.45, 2.75) is 32.5 Å². The van der Waals surface area contributed by atoms with Crippen molar-refractivity contribution >= 4 is 22.6 Å². The lowest BCUT2D eigenvalue weighted by molar-refractivity contribution is -0.147. The number of imidazole rings is 1. The minimum atomic E-state index is -4.56. The molecule has 1 amide bonds. The van der Waals surface area contributed by atoms with Crippen LogP contribution in [0.25, 0.3) is 11.0 Å². The second-order valence-corrected chi connectivity index (χ2v) is 6.85. The number of anilines is 1. The number of nitrogen functional groups attached to an aromatic ring is 1. The van der Waals surface area contributed by atoms with E-state index in [-0.39, 0.29) is 17.0 Å². The molecule has 0 radical (unpaired) electrons. The predicted molar refractivity (Wildman–Crippen MR) is 102 cm³/mol. The number of carbonyl (C=O) groups is 1. The van der Waals surface area contributed by atoms with Crippen LogP contribution in [0.15, 0.2) is 42.5 Å². The molecular formula is C20H21F3N4O. The number of nitrogens with two attached hydrogens (primary N) is 1. The Labute approximate surface area is 160 Å². The van der Waals surface area contributed by atoms with Crippen LogP contribution < -0.4 is 11.1 Å². The molecule has 5 nitrogen and oxygen atoms in total. The van der Waals surface area contributed by atoms with E-state index in [2.05, 4.69) is 10.3 Å². The number of rotatable bonds is 5. The van der Waals surface area contributed by atoms with Gasteiger partial charge in [-0.25, -0.2) is 4.98 Å². The second-order valence-electron chi connectivity index (χ2n) is 6.85. The fraction of sp³-hybridized carbons (Fsp3) is 0.300. The normalized spacial score (nSPS) is 11.9. The lowest BCUT2D eigenvalue weighted by atomic mass is 10.1. The number of fused-ring (bicyclic) bond motifs is 1. The van der Waals surface area contributed by atoms with Gasteiger partial charge >= 0.3 is 6.18 Å². The second kappa shape index (κ2) is 7.53. The third kappa shape index (κ3) is 4.11. The van der Waals surface area contributed by atoms with Crippen molar-refractivity contribution in [3.05, 3.63) is 59.4 Å². The van der Waals surface area contributed by atoms with E-state index in [9.17, 15) is 18.0 Å². The van der Waals surface area contributed by atoms with E-state index in [4.69, 9.17) is 5.73 Å². The van der Waals surface area contributed by atoms with E-state index < -0.39 is 18.0 Å². The number of amides is 1. The first-order chi connectivity index (χ1) is 13.2. The topological polar surface area (TPSA) is 72.9 Å². The molecule has 3 rings (SSSR count). The van der Waals surface area contributed by atoms with Crippen LogP contribution in [0.4, 0.5) is 18.9 Å². The molecule has 28 heavy (non-hydrogen) atoms. The quantitative estimate of drug-likeness (QED) is 0.642. The van der Waals surface area contributed by atoms with E-state index >= 15 is 0 Å². The van der Waals surface area contributed by atoms with Gasteiger partial charge in [0.2, 0.25) is 5.82 Å². The Bertz CT molecular complexity index is 991. The van der Waals surface area contributed by atoms with Gasteiger partial charge < -0.3 is 15.6 Å². The minimum absolute atomic E-state index is 0.146. The van der Waals surface area contributed by atoms with E-state index in [1.165, 1.54) is 18.2 Å². The van der Waals surface area contributed by atoms with Gasteiger partial charge in [0.15, 0.2) is 0 Å². The third-order valence-corrected chi connectivity index (χ3v) is 4.40. The molecule has 0 saturated carbocycles. The summed E-state index contributed by atoms with van der Waals surface area (Å²) in [6, 6.07) is 11.3. The van der Waals surface area contributed by atoms with Gasteiger partial charge in [0.05, 0.1) is 11.0 Å². The number of nitrogens with zero attached hydrogens (tertiary/aromatic N) is 2. The van der Waals surface area contributed by atoms with E-state index in [0.717, 1.165) is 10.1 Å². The lowest BCUT2D eigenvalue weighted by Crippen LogP contribution is -2.25. The van der Waals surface area contributed by atoms with Crippen LogP contribution in [0, 0.1) is 0 Å². The molecule has 3 N–H and O–H groups in total. The number of benzene rings is 2. The Morgan fingerprint density at radius 3 is 2.46 bits per heavy atom. The fourth-order valence-corrected chi connectivity index (χ4v) is 3.07. The van der Waals surface area contributed by atoms with Gasteiger partial charge in [0, 0.05) is 23.8 Å². The predicted octanol–water partition coefficient (Wildman–Crippen LogP) is 4.19. The van der Waals surface area contributed by atoms with E-state index in [0.29, 0.717) is 24.2 Å². The Morgan fingerprint density at radius 2 is 1.86 bits per heavy atom. The Kier molecular flexibility index (Phi) is 5.31. The van der Waals surface area contributed by atoms with Gasteiger partial charge in [-0.15, -0.1) is 0 Å². The molecule has 8 heteroatoms. The molecule has 0 saturated heterocycles. The zero-order valence-electron chi connectivity index (χ0n) is 15.5. The highest BCUT2D eigenvalue weighted by Crippen LogP contribution is 2.33. The molecule has 3 aromatic rings. The minimum Gasteiger partial charge on any atom is -0.399 e. The maximum atomic E-state index is 13.3. The summed E-state index contributed by atoms with van der Waals surface area (Å²) < 4.78 is 41.0. The zero-order valence-corrected chi connectivity index (χ0v) is 15.5. The van der Waals surface area contributed by atoms with Gasteiger partial charge in [-0.2, -0.15) is 13.2 Å². The molecule has 0 spiro atoms. The molecule has 0 bridgehead atoms. The summed E-state index contributed by atoms with van der Waals surface area (Å²) in [5, 5.41) is 2.77. The molecule has 0 fully saturated rings. The van der Waals surface area contributed by atoms with Crippen molar-refractivity contribution < 1.29 is 18.0 Å². The summed E-state index contributed by atoms with van der Waals surface area (Å²) >= 11 is 0. The summed E-state index contributed by atoms with van der Waals surface area (Å²) in [5.41, 5.74) is 8.09. The highest BCUT2D eigenvalue weighted by Gasteiger charge is 2.38. The van der Waals surface area contributed by atoms with Crippen molar-refractivity contribution in [1.82, 2.24) is 14.9 Å². The maximum Gasteiger partial charge on any atom is 0.449 e. The number of halogens is 3. The summed E-state index contributed by atoms with van der Waals surface area (Å²) in [7, 11) is 0. The van der Waals surface area contributed by atoms with Crippen molar-refractivity contribution in [2.75, 3.05) is 12.3 Å². The number of hydrogen-bond donors (Lipinski definition) is 2. The first kappa shape index (κ1) is 19.7. The van der Waals surface area contributed by atoms with Crippen LogP contribution in [0.5, 0.6) is 0 Å². The van der Waals surface area contributed by atoms with Gasteiger partial charge in [0.25, 0.3) is 5.91 Å². The molecule has 2 aromatic carbocycles. The largest absolute Gasteiger partial charge is 0.449 e. The fourth-order valence-electron chi connectivity index (χ4n) is 3.07.